The number of hydrogen-bond acceptors (Lipinski definition) is 5. The third kappa shape index (κ3) is 2.65. The molecule has 0 unspecified atom stereocenters. The van der Waals surface area contributed by atoms with Gasteiger partial charge in [0.25, 0.3) is 0 Å². The molecule has 0 aliphatic heterocycles. The normalized spacial score (nSPS) is 10.9. The van der Waals surface area contributed by atoms with E-state index in [-0.39, 0.29) is 0 Å². The number of aryl methyl sites for hydroxylation is 2. The number of rotatable bonds is 2. The van der Waals surface area contributed by atoms with Gasteiger partial charge in [0, 0.05) is 5.71 Å². The first-order valence-corrected chi connectivity index (χ1v) is 6.72. The van der Waals surface area contributed by atoms with Crippen molar-refractivity contribution < 1.29 is 0 Å². The smallest absolute Gasteiger partial charge is 0.173 e. The van der Waals surface area contributed by atoms with E-state index < -0.39 is 0 Å². The summed E-state index contributed by atoms with van der Waals surface area (Å²) >= 11 is 0. The molecule has 0 aromatic carbocycles. The third-order valence-corrected chi connectivity index (χ3v) is 2.95. The lowest BCUT2D eigenvalue weighted by Gasteiger charge is -2.04. The van der Waals surface area contributed by atoms with Crippen LogP contribution >= 0.6 is 0 Å². The zero-order valence-corrected chi connectivity index (χ0v) is 12.5. The fourth-order valence-electron chi connectivity index (χ4n) is 2.06. The van der Waals surface area contributed by atoms with E-state index in [1.807, 2.05) is 46.0 Å². The molecule has 0 spiro atoms. The zero-order chi connectivity index (χ0) is 15.0. The predicted molar refractivity (Wildman–Crippen MR) is 81.9 cm³/mol. The van der Waals surface area contributed by atoms with Gasteiger partial charge in [-0.05, 0) is 39.8 Å². The molecule has 3 aromatic heterocycles. The minimum atomic E-state index is 0.651. The summed E-state index contributed by atoms with van der Waals surface area (Å²) in [5.41, 5.74) is 4.99. The van der Waals surface area contributed by atoms with E-state index in [1.54, 1.807) is 10.7 Å². The average molecular weight is 280 g/mol. The van der Waals surface area contributed by atoms with Gasteiger partial charge in [0.05, 0.1) is 23.8 Å². The van der Waals surface area contributed by atoms with E-state index in [4.69, 9.17) is 0 Å². The molecule has 0 saturated carbocycles. The van der Waals surface area contributed by atoms with E-state index in [1.165, 1.54) is 0 Å². The van der Waals surface area contributed by atoms with Crippen molar-refractivity contribution in [2.75, 3.05) is 0 Å². The number of imidazole rings is 1. The van der Waals surface area contributed by atoms with Gasteiger partial charge in [-0.1, -0.05) is 0 Å². The van der Waals surface area contributed by atoms with Crippen LogP contribution in [0.15, 0.2) is 29.5 Å². The summed E-state index contributed by atoms with van der Waals surface area (Å²) in [5.74, 6) is 0.651. The van der Waals surface area contributed by atoms with Crippen molar-refractivity contribution in [3.05, 3.63) is 35.9 Å². The lowest BCUT2D eigenvalue weighted by atomic mass is 10.3. The summed E-state index contributed by atoms with van der Waals surface area (Å²) in [7, 11) is 0. The molecule has 106 valence electrons. The van der Waals surface area contributed by atoms with Crippen molar-refractivity contribution in [3.8, 4) is 11.4 Å². The molecule has 0 fully saturated rings. The van der Waals surface area contributed by atoms with Gasteiger partial charge in [-0.2, -0.15) is 5.10 Å². The molecule has 0 radical (unpaired) electrons. The Morgan fingerprint density at radius 2 is 1.90 bits per heavy atom. The summed E-state index contributed by atoms with van der Waals surface area (Å²) in [4.78, 5) is 17.6. The highest BCUT2D eigenvalue weighted by Gasteiger charge is 2.08. The first kappa shape index (κ1) is 13.4. The van der Waals surface area contributed by atoms with Crippen molar-refractivity contribution in [1.82, 2.24) is 24.6 Å². The lowest BCUT2D eigenvalue weighted by Crippen LogP contribution is -1.97. The van der Waals surface area contributed by atoms with Crippen LogP contribution < -0.4 is 0 Å². The maximum absolute atomic E-state index is 4.54. The van der Waals surface area contributed by atoms with Gasteiger partial charge in [0.1, 0.15) is 11.4 Å². The Morgan fingerprint density at radius 1 is 1.10 bits per heavy atom. The molecule has 0 N–H and O–H groups in total. The van der Waals surface area contributed by atoms with Crippen LogP contribution in [0.25, 0.3) is 17.0 Å². The number of fused-ring (bicyclic) bond motifs is 1. The Bertz CT molecular complexity index is 842. The van der Waals surface area contributed by atoms with E-state index in [0.717, 1.165) is 34.1 Å². The highest BCUT2D eigenvalue weighted by atomic mass is 15.3. The fraction of sp³-hybridized carbons (Fsp3) is 0.267. The first-order valence-electron chi connectivity index (χ1n) is 6.72. The van der Waals surface area contributed by atoms with Crippen LogP contribution in [-0.4, -0.2) is 30.3 Å². The summed E-state index contributed by atoms with van der Waals surface area (Å²) in [6.45, 7) is 7.72. The maximum atomic E-state index is 4.54. The number of hydrogen-bond donors (Lipinski definition) is 0. The molecule has 0 atom stereocenters. The highest BCUT2D eigenvalue weighted by molar-refractivity contribution is 5.81. The average Bonchev–Trinajstić information content (AvgIpc) is 2.79. The van der Waals surface area contributed by atoms with Crippen molar-refractivity contribution in [1.29, 1.82) is 0 Å². The van der Waals surface area contributed by atoms with Crippen LogP contribution in [0.1, 0.15) is 25.2 Å². The minimum absolute atomic E-state index is 0.651. The summed E-state index contributed by atoms with van der Waals surface area (Å²) in [5, 5.41) is 4.51. The van der Waals surface area contributed by atoms with Gasteiger partial charge in [-0.3, -0.25) is 0 Å². The lowest BCUT2D eigenvalue weighted by molar-refractivity contribution is 0.932. The van der Waals surface area contributed by atoms with Gasteiger partial charge in [0.2, 0.25) is 0 Å². The molecule has 21 heavy (non-hydrogen) atoms. The standard InChI is InChI=1S/C15H16N6/c1-9(2)17-15-11(4)19-13(7-16-15)12-5-6-14-18-10(3)8-21(14)20-12/h5-8H,1-4H3. The Morgan fingerprint density at radius 3 is 2.62 bits per heavy atom. The van der Waals surface area contributed by atoms with Gasteiger partial charge in [0.15, 0.2) is 11.5 Å². The Hall–Kier alpha value is -2.63. The molecule has 0 saturated heterocycles. The molecule has 6 heteroatoms. The topological polar surface area (TPSA) is 68.3 Å². The second kappa shape index (κ2) is 5.05. The van der Waals surface area contributed by atoms with Crippen LogP contribution in [0.4, 0.5) is 5.82 Å². The van der Waals surface area contributed by atoms with Gasteiger partial charge in [-0.15, -0.1) is 0 Å². The van der Waals surface area contributed by atoms with Crippen LogP contribution in [0.2, 0.25) is 0 Å². The molecule has 0 amide bonds. The van der Waals surface area contributed by atoms with Gasteiger partial charge in [-0.25, -0.2) is 24.5 Å². The molecule has 3 rings (SSSR count). The molecule has 3 heterocycles. The maximum Gasteiger partial charge on any atom is 0.173 e. The van der Waals surface area contributed by atoms with Crippen molar-refractivity contribution in [2.24, 2.45) is 4.99 Å². The monoisotopic (exact) mass is 280 g/mol. The SMILES string of the molecule is CC(C)=Nc1ncc(-c2ccc3nc(C)cn3n2)nc1C. The van der Waals surface area contributed by atoms with E-state index in [9.17, 15) is 0 Å². The summed E-state index contributed by atoms with van der Waals surface area (Å²) in [6.07, 6.45) is 3.59. The highest BCUT2D eigenvalue weighted by Crippen LogP contribution is 2.19. The quantitative estimate of drug-likeness (QED) is 0.677. The second-order valence-corrected chi connectivity index (χ2v) is 5.13. The summed E-state index contributed by atoms with van der Waals surface area (Å²) in [6, 6.07) is 3.83. The third-order valence-electron chi connectivity index (χ3n) is 2.95. The van der Waals surface area contributed by atoms with Crippen LogP contribution in [0.5, 0.6) is 0 Å². The van der Waals surface area contributed by atoms with Crippen LogP contribution in [-0.2, 0) is 0 Å². The molecule has 0 aliphatic carbocycles. The Labute approximate surface area is 122 Å². The predicted octanol–water partition coefficient (Wildman–Crippen LogP) is 2.92. The van der Waals surface area contributed by atoms with E-state index >= 15 is 0 Å². The number of aliphatic imine (C=N–C) groups is 1. The Kier molecular flexibility index (Phi) is 3.21. The largest absolute Gasteiger partial charge is 0.246 e. The van der Waals surface area contributed by atoms with Gasteiger partial charge >= 0.3 is 0 Å². The molecule has 0 bridgehead atoms. The van der Waals surface area contributed by atoms with E-state index in [0.29, 0.717) is 5.82 Å². The zero-order valence-electron chi connectivity index (χ0n) is 12.5. The molecule has 6 nitrogen and oxygen atoms in total. The number of aromatic nitrogens is 5. The summed E-state index contributed by atoms with van der Waals surface area (Å²) < 4.78 is 1.75. The van der Waals surface area contributed by atoms with Gasteiger partial charge < -0.3 is 0 Å². The van der Waals surface area contributed by atoms with Crippen molar-refractivity contribution in [3.63, 3.8) is 0 Å². The van der Waals surface area contributed by atoms with Crippen molar-refractivity contribution >= 4 is 17.2 Å². The molecule has 0 aliphatic rings. The van der Waals surface area contributed by atoms with Crippen molar-refractivity contribution in [2.45, 2.75) is 27.7 Å². The molecular weight excluding hydrogens is 264 g/mol. The van der Waals surface area contributed by atoms with Crippen LogP contribution in [0.3, 0.4) is 0 Å². The van der Waals surface area contributed by atoms with Crippen LogP contribution in [0, 0.1) is 13.8 Å². The molecule has 3 aromatic rings. The Balaban J connectivity index is 2.05. The molecular formula is C15H16N6. The second-order valence-electron chi connectivity index (χ2n) is 5.13. The first-order chi connectivity index (χ1) is 10.0. The fourth-order valence-corrected chi connectivity index (χ4v) is 2.06. The number of nitrogens with zero attached hydrogens (tertiary/aromatic N) is 6. The van der Waals surface area contributed by atoms with E-state index in [2.05, 4.69) is 25.0 Å². The minimum Gasteiger partial charge on any atom is -0.246 e.